The molecule has 1 amide bonds. The number of nitriles is 1. The molecule has 0 spiro atoms. The number of carbonyl (C=O) groups is 1. The summed E-state index contributed by atoms with van der Waals surface area (Å²) in [5, 5.41) is 9.73. The van der Waals surface area contributed by atoms with Crippen molar-refractivity contribution in [3.8, 4) is 6.07 Å². The molecule has 0 radical (unpaired) electrons. The Labute approximate surface area is 103 Å². The Morgan fingerprint density at radius 1 is 1.56 bits per heavy atom. The Kier molecular flexibility index (Phi) is 2.92. The molecule has 1 unspecified atom stereocenters. The predicted octanol–water partition coefficient (Wildman–Crippen LogP) is 2.58. The van der Waals surface area contributed by atoms with Crippen molar-refractivity contribution >= 4 is 33.8 Å². The van der Waals surface area contributed by atoms with E-state index < -0.39 is 0 Å². The third kappa shape index (κ3) is 1.70. The van der Waals surface area contributed by atoms with Crippen LogP contribution < -0.4 is 4.90 Å². The van der Waals surface area contributed by atoms with Gasteiger partial charge in [-0.3, -0.25) is 4.79 Å². The molecule has 84 valence electrons. The smallest absolute Gasteiger partial charge is 0.229 e. The first-order valence-electron chi connectivity index (χ1n) is 4.99. The van der Waals surface area contributed by atoms with Crippen LogP contribution >= 0.6 is 22.9 Å². The number of thiophene rings is 1. The summed E-state index contributed by atoms with van der Waals surface area (Å²) < 4.78 is 0. The summed E-state index contributed by atoms with van der Waals surface area (Å²) in [5.74, 6) is 0.0118. The number of nitrogens with zero attached hydrogens (tertiary/aromatic N) is 2. The summed E-state index contributed by atoms with van der Waals surface area (Å²) in [6.45, 7) is 4.38. The van der Waals surface area contributed by atoms with Gasteiger partial charge in [0.05, 0.1) is 10.9 Å². The van der Waals surface area contributed by atoms with Gasteiger partial charge in [0.25, 0.3) is 0 Å². The molecule has 16 heavy (non-hydrogen) atoms. The maximum atomic E-state index is 11.7. The molecule has 0 saturated carbocycles. The molecule has 1 fully saturated rings. The molecule has 2 rings (SSSR count). The van der Waals surface area contributed by atoms with E-state index in [1.807, 2.05) is 13.8 Å². The van der Waals surface area contributed by atoms with Crippen LogP contribution in [0.5, 0.6) is 0 Å². The molecule has 1 aromatic heterocycles. The van der Waals surface area contributed by atoms with E-state index in [-0.39, 0.29) is 11.3 Å². The zero-order chi connectivity index (χ0) is 11.9. The zero-order valence-corrected chi connectivity index (χ0v) is 10.7. The van der Waals surface area contributed by atoms with Gasteiger partial charge in [0.15, 0.2) is 0 Å². The first kappa shape index (κ1) is 11.4. The van der Waals surface area contributed by atoms with Crippen molar-refractivity contribution in [1.82, 2.24) is 0 Å². The number of halogens is 1. The minimum atomic E-state index is -0.137. The van der Waals surface area contributed by atoms with Gasteiger partial charge in [-0.05, 0) is 19.4 Å². The topological polar surface area (TPSA) is 44.1 Å². The van der Waals surface area contributed by atoms with Crippen molar-refractivity contribution in [3.05, 3.63) is 16.0 Å². The van der Waals surface area contributed by atoms with Gasteiger partial charge >= 0.3 is 0 Å². The van der Waals surface area contributed by atoms with Crippen LogP contribution in [0.1, 0.15) is 22.4 Å². The first-order chi connectivity index (χ1) is 7.54. The first-order valence-corrected chi connectivity index (χ1v) is 6.24. The lowest BCUT2D eigenvalue weighted by Crippen LogP contribution is -2.24. The number of rotatable bonds is 1. The fourth-order valence-corrected chi connectivity index (χ4v) is 3.19. The van der Waals surface area contributed by atoms with Gasteiger partial charge in [0.1, 0.15) is 11.1 Å². The molecule has 0 bridgehead atoms. The fraction of sp³-hybridized carbons (Fsp3) is 0.455. The van der Waals surface area contributed by atoms with Crippen molar-refractivity contribution in [1.29, 1.82) is 5.26 Å². The lowest BCUT2D eigenvalue weighted by Gasteiger charge is -2.13. The maximum absolute atomic E-state index is 11.7. The van der Waals surface area contributed by atoms with Gasteiger partial charge in [-0.15, -0.1) is 22.9 Å². The van der Waals surface area contributed by atoms with E-state index in [0.717, 1.165) is 15.4 Å². The second-order valence-electron chi connectivity index (χ2n) is 3.88. The van der Waals surface area contributed by atoms with Gasteiger partial charge in [0.2, 0.25) is 5.91 Å². The van der Waals surface area contributed by atoms with Gasteiger partial charge < -0.3 is 4.90 Å². The standard InChI is InChI=1S/C11H11ClN2OS/c1-6-7(2)16-11(9(6)4-13)14-5-8(12)3-10(14)15/h8H,3,5H2,1-2H3. The fourth-order valence-electron chi connectivity index (χ4n) is 1.79. The quantitative estimate of drug-likeness (QED) is 0.723. The number of aryl methyl sites for hydroxylation is 1. The zero-order valence-electron chi connectivity index (χ0n) is 9.08. The molecule has 1 aliphatic rings. The molecule has 3 nitrogen and oxygen atoms in total. The molecule has 1 atom stereocenters. The molecule has 2 heterocycles. The van der Waals surface area contributed by atoms with E-state index in [1.165, 1.54) is 11.3 Å². The maximum Gasteiger partial charge on any atom is 0.229 e. The highest BCUT2D eigenvalue weighted by molar-refractivity contribution is 7.16. The number of hydrogen-bond acceptors (Lipinski definition) is 3. The normalized spacial score (nSPS) is 20.2. The average molecular weight is 255 g/mol. The highest BCUT2D eigenvalue weighted by Gasteiger charge is 2.32. The van der Waals surface area contributed by atoms with Crippen molar-refractivity contribution < 1.29 is 4.79 Å². The number of amides is 1. The Bertz CT molecular complexity index is 489. The summed E-state index contributed by atoms with van der Waals surface area (Å²) in [7, 11) is 0. The van der Waals surface area contributed by atoms with Crippen LogP contribution in [-0.4, -0.2) is 17.8 Å². The van der Waals surface area contributed by atoms with Crippen molar-refractivity contribution in [2.75, 3.05) is 11.4 Å². The van der Waals surface area contributed by atoms with Crippen molar-refractivity contribution in [3.63, 3.8) is 0 Å². The molecular weight excluding hydrogens is 244 g/mol. The van der Waals surface area contributed by atoms with Crippen LogP contribution in [0.4, 0.5) is 5.00 Å². The van der Waals surface area contributed by atoms with Crippen LogP contribution in [-0.2, 0) is 4.79 Å². The van der Waals surface area contributed by atoms with Crippen LogP contribution in [0.3, 0.4) is 0 Å². The van der Waals surface area contributed by atoms with Crippen molar-refractivity contribution in [2.45, 2.75) is 25.6 Å². The molecule has 0 N–H and O–H groups in total. The third-order valence-electron chi connectivity index (χ3n) is 2.80. The Morgan fingerprint density at radius 3 is 2.75 bits per heavy atom. The second-order valence-corrected chi connectivity index (χ2v) is 5.70. The van der Waals surface area contributed by atoms with Gasteiger partial charge in [-0.2, -0.15) is 5.26 Å². The average Bonchev–Trinajstić information content (AvgIpc) is 2.69. The third-order valence-corrected chi connectivity index (χ3v) is 4.32. The van der Waals surface area contributed by atoms with Gasteiger partial charge in [0, 0.05) is 17.8 Å². The van der Waals surface area contributed by atoms with E-state index >= 15 is 0 Å². The molecule has 1 aliphatic heterocycles. The Hall–Kier alpha value is -1.05. The van der Waals surface area contributed by atoms with E-state index in [9.17, 15) is 4.79 Å². The van der Waals surface area contributed by atoms with E-state index in [1.54, 1.807) is 4.90 Å². The molecule has 1 saturated heterocycles. The largest absolute Gasteiger partial charge is 0.301 e. The molecule has 5 heteroatoms. The number of carbonyl (C=O) groups excluding carboxylic acids is 1. The predicted molar refractivity (Wildman–Crippen MR) is 65.1 cm³/mol. The molecule has 0 aromatic carbocycles. The van der Waals surface area contributed by atoms with Crippen LogP contribution in [0, 0.1) is 25.2 Å². The highest BCUT2D eigenvalue weighted by Crippen LogP contribution is 2.37. The summed E-state index contributed by atoms with van der Waals surface area (Å²) in [4.78, 5) is 14.4. The second kappa shape index (κ2) is 4.08. The van der Waals surface area contributed by atoms with Crippen LogP contribution in [0.15, 0.2) is 0 Å². The van der Waals surface area contributed by atoms with Crippen LogP contribution in [0.25, 0.3) is 0 Å². The number of anilines is 1. The van der Waals surface area contributed by atoms with E-state index in [4.69, 9.17) is 16.9 Å². The van der Waals surface area contributed by atoms with E-state index in [2.05, 4.69) is 6.07 Å². The SMILES string of the molecule is Cc1sc(N2CC(Cl)CC2=O)c(C#N)c1C. The number of hydrogen-bond donors (Lipinski definition) is 0. The number of alkyl halides is 1. The lowest BCUT2D eigenvalue weighted by atomic mass is 10.2. The minimum Gasteiger partial charge on any atom is -0.301 e. The Morgan fingerprint density at radius 2 is 2.25 bits per heavy atom. The summed E-state index contributed by atoms with van der Waals surface area (Å²) in [5.41, 5.74) is 1.58. The molecular formula is C11H11ClN2OS. The molecule has 1 aromatic rings. The summed E-state index contributed by atoms with van der Waals surface area (Å²) in [6, 6.07) is 2.17. The van der Waals surface area contributed by atoms with Gasteiger partial charge in [-0.25, -0.2) is 0 Å². The molecule has 0 aliphatic carbocycles. The monoisotopic (exact) mass is 254 g/mol. The van der Waals surface area contributed by atoms with E-state index in [0.29, 0.717) is 18.5 Å². The lowest BCUT2D eigenvalue weighted by molar-refractivity contribution is -0.117. The van der Waals surface area contributed by atoms with Crippen molar-refractivity contribution in [2.24, 2.45) is 0 Å². The highest BCUT2D eigenvalue weighted by atomic mass is 35.5. The Balaban J connectivity index is 2.46. The minimum absolute atomic E-state index is 0.0118. The summed E-state index contributed by atoms with van der Waals surface area (Å²) >= 11 is 7.45. The van der Waals surface area contributed by atoms with Gasteiger partial charge in [-0.1, -0.05) is 0 Å². The summed E-state index contributed by atoms with van der Waals surface area (Å²) in [6.07, 6.45) is 0.364. The van der Waals surface area contributed by atoms with Crippen LogP contribution in [0.2, 0.25) is 0 Å².